The van der Waals surface area contributed by atoms with Gasteiger partial charge in [-0.05, 0) is 253 Å². The van der Waals surface area contributed by atoms with E-state index in [9.17, 15) is 38.4 Å². The van der Waals surface area contributed by atoms with Gasteiger partial charge >= 0.3 is 54.9 Å². The number of nitrogens with zero attached hydrogens (tertiary/aromatic N) is 23. The number of aryl methyl sites for hydroxylation is 4. The van der Waals surface area contributed by atoms with E-state index in [1.54, 1.807) is 133 Å². The molecule has 2 aliphatic carbocycles. The fraction of sp³-hybridized carbons (Fsp3) is 0.429. The molecule has 0 radical (unpaired) electrons. The molecule has 6 fully saturated rings. The molecule has 0 spiro atoms. The molecule has 47 heteroatoms. The predicted octanol–water partition coefficient (Wildman–Crippen LogP) is 11.3. The number of anilines is 7. The first kappa shape index (κ1) is 113. The van der Waals surface area contributed by atoms with Crippen molar-refractivity contribution in [3.8, 4) is 45.0 Å². The molecule has 0 bridgehead atoms. The molecule has 44 nitrogen and oxygen atoms in total. The third kappa shape index (κ3) is 32.3. The summed E-state index contributed by atoms with van der Waals surface area (Å²) in [7, 11) is 5.29. The van der Waals surface area contributed by atoms with E-state index in [-0.39, 0.29) is 99.2 Å². The number of aromatic nitrogens is 20. The number of piperidine rings is 4. The van der Waals surface area contributed by atoms with Gasteiger partial charge in [0.1, 0.15) is 34.0 Å². The van der Waals surface area contributed by atoms with Crippen LogP contribution < -0.4 is 45.9 Å². The Hall–Kier alpha value is -14.4. The maximum absolute atomic E-state index is 12.3. The zero-order chi connectivity index (χ0) is 101. The molecule has 4 saturated heterocycles. The zero-order valence-electron chi connectivity index (χ0n) is 83.7. The number of hydrogen-bond donors (Lipinski definition) is 5. The summed E-state index contributed by atoms with van der Waals surface area (Å²) < 4.78 is 37.3. The molecule has 18 rings (SSSR count). The molecule has 16 heterocycles. The maximum Gasteiger partial charge on any atom is 1.00 e. The second kappa shape index (κ2) is 52.2. The van der Waals surface area contributed by atoms with Crippen LogP contribution in [0.25, 0.3) is 45.0 Å². The van der Waals surface area contributed by atoms with Crippen molar-refractivity contribution in [1.29, 1.82) is 0 Å². The van der Waals surface area contributed by atoms with Gasteiger partial charge in [-0.2, -0.15) is 20.4 Å². The Morgan fingerprint density at radius 1 is 0.379 bits per heavy atom. The van der Waals surface area contributed by atoms with Crippen LogP contribution in [0.2, 0.25) is 5.28 Å². The van der Waals surface area contributed by atoms with Crippen LogP contribution in [-0.4, -0.2) is 264 Å². The molecule has 12 aromatic rings. The number of likely N-dealkylation sites (tertiary alicyclic amines) is 3. The third-order valence-electron chi connectivity index (χ3n) is 23.4. The largest absolute Gasteiger partial charge is 1.00 e. The Labute approximate surface area is 860 Å². The van der Waals surface area contributed by atoms with Crippen molar-refractivity contribution in [3.05, 3.63) is 198 Å². The summed E-state index contributed by atoms with van der Waals surface area (Å²) in [6.07, 6.45) is 38.8. The van der Waals surface area contributed by atoms with Crippen molar-refractivity contribution in [2.24, 2.45) is 11.8 Å². The van der Waals surface area contributed by atoms with Crippen LogP contribution >= 0.6 is 23.2 Å². The Morgan fingerprint density at radius 2 is 0.669 bits per heavy atom. The molecule has 9 N–H and O–H groups in total. The number of carbonyl (C=O) groups is 8. The van der Waals surface area contributed by atoms with Crippen molar-refractivity contribution in [1.82, 2.24) is 119 Å². The number of pyridine rings is 4. The average molecular weight is 2030 g/mol. The standard InChI is InChI=1S/C25H31N7O4.C24H27N7O3.C20H23N7O2.C13H22N4O2.C12H10ClN3O2.C4H5ClO.Li.2H2O/c1-16-12-27-23(30-21(16)17-6-7-20(26-13-17)22(33)35-5)29-18-14-28-32(15-18)19-8-10-31(11-9-19)24(34)36-25(2,3)4;1-15-11-26-24(29-21(15)17-5-6-20(25-12-17)23(33)34-2)28-18-13-27-31(14-18)19-7-9-30(10-8-19)22(32)16-3-4-16;1-13-9-23-20(25-15-11-24-27(12-15)16-5-7-21-8-6-16)26-18(13)14-3-4-17(22-10-14)19(28)29-2;1-13(2,3)19-12(18)16-6-4-11(5-7-16)17-9-10(14)8-15-17;1-7-5-15-12(13)16-10(7)8-3-4-9(14-6-8)11(17)18-2;5-4(6)3-1-2-3;;;/h6-7,12-15,19H,8-11H2,1-5H3,(H,27,29,30);5-6,11-14,16,19H,3-4,7-10H2,1-2H3,(H,26,28,29);3-4,9-12,16,21H,5-8H2,1-2H3,(H,23,25,26);8-9,11H,4-7,14H2,1-3H3;3-6H,1-2H3;3H,1-2H2;;2*1H2/q;;;;;;+1;;/p-1. The number of halogens is 2. The van der Waals surface area contributed by atoms with E-state index in [0.717, 1.165) is 176 Å². The smallest absolute Gasteiger partial charge is 0.870 e. The van der Waals surface area contributed by atoms with Crippen molar-refractivity contribution < 1.29 is 96.6 Å². The Kier molecular flexibility index (Phi) is 40.5. The molecular formula is C98H121Cl2LiN28O16. The molecular weight excluding hydrogens is 1900 g/mol. The minimum Gasteiger partial charge on any atom is -0.870 e. The van der Waals surface area contributed by atoms with E-state index < -0.39 is 35.1 Å². The summed E-state index contributed by atoms with van der Waals surface area (Å²) in [5.74, 6) is 0.263. The number of nitrogen functional groups attached to an aromatic ring is 1. The van der Waals surface area contributed by atoms with E-state index in [4.69, 9.17) is 47.9 Å². The minimum atomic E-state index is -0.503. The van der Waals surface area contributed by atoms with Gasteiger partial charge in [0.25, 0.3) is 0 Å². The minimum absolute atomic E-state index is 0. The predicted molar refractivity (Wildman–Crippen MR) is 534 cm³/mol. The number of esters is 4. The fourth-order valence-electron chi connectivity index (χ4n) is 15.5. The van der Waals surface area contributed by atoms with Gasteiger partial charge in [-0.25, -0.2) is 88.6 Å². The number of carbonyl (C=O) groups excluding carboxylic acids is 8. The van der Waals surface area contributed by atoms with Crippen molar-refractivity contribution >= 4 is 111 Å². The van der Waals surface area contributed by atoms with Crippen LogP contribution in [0.1, 0.15) is 207 Å². The Bertz CT molecular complexity index is 6350. The van der Waals surface area contributed by atoms with E-state index in [1.807, 2.05) is 118 Å². The molecule has 145 heavy (non-hydrogen) atoms. The molecule has 12 aromatic heterocycles. The van der Waals surface area contributed by atoms with Gasteiger partial charge in [-0.15, -0.1) is 0 Å². The Morgan fingerprint density at radius 3 is 0.938 bits per heavy atom. The van der Waals surface area contributed by atoms with Crippen molar-refractivity contribution in [3.63, 3.8) is 0 Å². The van der Waals surface area contributed by atoms with E-state index in [0.29, 0.717) is 79.1 Å². The molecule has 4 aliphatic heterocycles. The van der Waals surface area contributed by atoms with Gasteiger partial charge in [0.2, 0.25) is 34.3 Å². The zero-order valence-corrected chi connectivity index (χ0v) is 85.3. The van der Waals surface area contributed by atoms with Crippen LogP contribution in [0.4, 0.5) is 50.2 Å². The third-order valence-corrected chi connectivity index (χ3v) is 23.9. The summed E-state index contributed by atoms with van der Waals surface area (Å²) in [6.45, 7) is 25.1. The van der Waals surface area contributed by atoms with Gasteiger partial charge in [-0.3, -0.25) is 28.3 Å². The molecule has 0 aromatic carbocycles. The summed E-state index contributed by atoms with van der Waals surface area (Å²) in [5.41, 5.74) is 18.3. The van der Waals surface area contributed by atoms with Crippen LogP contribution in [0.3, 0.4) is 0 Å². The molecule has 0 unspecified atom stereocenters. The fourth-order valence-corrected chi connectivity index (χ4v) is 15.8. The van der Waals surface area contributed by atoms with Gasteiger partial charge in [0, 0.05) is 148 Å². The van der Waals surface area contributed by atoms with Gasteiger partial charge < -0.3 is 81.1 Å². The van der Waals surface area contributed by atoms with Crippen LogP contribution in [0, 0.1) is 39.5 Å². The normalized spacial score (nSPS) is 14.7. The summed E-state index contributed by atoms with van der Waals surface area (Å²) in [6, 6.07) is 14.7. The van der Waals surface area contributed by atoms with E-state index in [2.05, 4.69) is 111 Å². The number of hydrogen-bond acceptors (Lipinski definition) is 36. The van der Waals surface area contributed by atoms with Gasteiger partial charge in [0.05, 0.1) is 123 Å². The SMILES string of the molecule is CC(C)(C)OC(=O)N1CCC(n2cc(N)cn2)CC1.COC(=O)c1ccc(-c2nc(Cl)ncc2C)cn1.COC(=O)c1ccc(-c2nc(Nc3cnn(C4CCN(C(=O)C5CC5)CC4)c3)ncc2C)cn1.COC(=O)c1ccc(-c2nc(Nc3cnn(C4CCN(C(=O)OC(C)(C)C)CC4)c3)ncc2C)cn1.COC(=O)c1ccc(-c2nc(Nc3cnn(C4CCNCC4)c3)ncc2C)cn1.O.O=C(Cl)C1CC1.[Li+].[OH-]. The van der Waals surface area contributed by atoms with Gasteiger partial charge in [-0.1, -0.05) is 0 Å². The number of nitrogens with one attached hydrogen (secondary N) is 4. The first-order chi connectivity index (χ1) is 68.0. The average Bonchev–Trinajstić information content (AvgIpc) is 1.74. The van der Waals surface area contributed by atoms with Crippen LogP contribution in [0.5, 0.6) is 0 Å². The summed E-state index contributed by atoms with van der Waals surface area (Å²) >= 11 is 10.8. The topological polar surface area (TPSA) is 563 Å². The monoisotopic (exact) mass is 2020 g/mol. The van der Waals surface area contributed by atoms with E-state index in [1.165, 1.54) is 28.4 Å². The molecule has 6 aliphatic rings. The number of methoxy groups -OCH3 is 4. The summed E-state index contributed by atoms with van der Waals surface area (Å²) in [4.78, 5) is 150. The number of nitrogens with two attached hydrogens (primary N) is 1. The molecule has 3 amide bonds. The molecule has 0 atom stereocenters. The maximum atomic E-state index is 12.3. The first-order valence-electron chi connectivity index (χ1n) is 46.6. The number of amides is 3. The van der Waals surface area contributed by atoms with Crippen LogP contribution in [0.15, 0.2) is 148 Å². The second-order valence-electron chi connectivity index (χ2n) is 36.6. The quantitative estimate of drug-likeness (QED) is 0.0155. The van der Waals surface area contributed by atoms with E-state index >= 15 is 0 Å². The van der Waals surface area contributed by atoms with Gasteiger partial charge in [0.15, 0.2) is 0 Å². The summed E-state index contributed by atoms with van der Waals surface area (Å²) in [5, 5.41) is 30.8. The number of rotatable bonds is 20. The second-order valence-corrected chi connectivity index (χ2v) is 37.3. The Balaban J connectivity index is 0.000000186. The van der Waals surface area contributed by atoms with Crippen molar-refractivity contribution in [2.75, 3.05) is 102 Å². The first-order valence-corrected chi connectivity index (χ1v) is 47.4. The van der Waals surface area contributed by atoms with Crippen molar-refractivity contribution in [2.45, 2.75) is 182 Å². The molecule has 764 valence electrons. The number of ether oxygens (including phenoxy) is 6. The molecule has 2 saturated carbocycles. The van der Waals surface area contributed by atoms with Crippen LogP contribution in [-0.2, 0) is 38.0 Å².